The molecule has 0 spiro atoms. The maximum absolute atomic E-state index is 12.8. The lowest BCUT2D eigenvalue weighted by molar-refractivity contribution is 0.464. The van der Waals surface area contributed by atoms with Crippen LogP contribution in [-0.2, 0) is 6.67 Å². The molecule has 0 N–H and O–H groups in total. The fraction of sp³-hybridized carbons (Fsp3) is 0.143. The summed E-state index contributed by atoms with van der Waals surface area (Å²) in [5.74, 6) is -0.776. The zero-order chi connectivity index (χ0) is 8.43. The summed E-state index contributed by atoms with van der Waals surface area (Å²) in [6, 6.07) is 2.63. The highest BCUT2D eigenvalue weighted by Crippen LogP contribution is 2.27. The van der Waals surface area contributed by atoms with Crippen LogP contribution in [0.2, 0.25) is 10.0 Å². The highest BCUT2D eigenvalue weighted by atomic mass is 35.5. The van der Waals surface area contributed by atoms with Crippen molar-refractivity contribution in [2.45, 2.75) is 6.67 Å². The molecule has 0 nitrogen and oxygen atoms in total. The van der Waals surface area contributed by atoms with Gasteiger partial charge in [0, 0.05) is 5.56 Å². The molecule has 0 saturated carbocycles. The standard InChI is InChI=1S/C7H4Cl2F2/c8-5-2-1-4(3-10)7(11)6(5)9/h1-2H,3H2. The number of halogens is 4. The lowest BCUT2D eigenvalue weighted by Crippen LogP contribution is -1.87. The summed E-state index contributed by atoms with van der Waals surface area (Å²) in [5.41, 5.74) is -0.0700. The molecule has 0 bridgehead atoms. The van der Waals surface area contributed by atoms with Crippen LogP contribution in [0.4, 0.5) is 8.78 Å². The maximum atomic E-state index is 12.8. The predicted octanol–water partition coefficient (Wildman–Crippen LogP) is 3.60. The molecule has 0 aliphatic rings. The Bertz CT molecular complexity index is 273. The smallest absolute Gasteiger partial charge is 0.149 e. The van der Waals surface area contributed by atoms with Gasteiger partial charge in [0.15, 0.2) is 0 Å². The molecule has 4 heteroatoms. The fourth-order valence-corrected chi connectivity index (χ4v) is 0.999. The fourth-order valence-electron chi connectivity index (χ4n) is 0.669. The second-order valence-electron chi connectivity index (χ2n) is 1.97. The van der Waals surface area contributed by atoms with Gasteiger partial charge in [-0.25, -0.2) is 8.78 Å². The van der Waals surface area contributed by atoms with E-state index in [1.807, 2.05) is 0 Å². The topological polar surface area (TPSA) is 0 Å². The Balaban J connectivity index is 3.25. The minimum atomic E-state index is -0.872. The maximum Gasteiger partial charge on any atom is 0.149 e. The van der Waals surface area contributed by atoms with Crippen LogP contribution < -0.4 is 0 Å². The van der Waals surface area contributed by atoms with Gasteiger partial charge < -0.3 is 0 Å². The third-order valence-electron chi connectivity index (χ3n) is 1.26. The summed E-state index contributed by atoms with van der Waals surface area (Å²) in [6.07, 6.45) is 0. The monoisotopic (exact) mass is 196 g/mol. The second kappa shape index (κ2) is 3.37. The first kappa shape index (κ1) is 8.75. The second-order valence-corrected chi connectivity index (χ2v) is 2.75. The first-order chi connectivity index (χ1) is 5.16. The Morgan fingerprint density at radius 2 is 1.91 bits per heavy atom. The molecule has 1 rings (SSSR count). The molecule has 0 heterocycles. The average Bonchev–Trinajstić information content (AvgIpc) is 2.01. The highest BCUT2D eigenvalue weighted by Gasteiger charge is 2.09. The van der Waals surface area contributed by atoms with E-state index in [2.05, 4.69) is 0 Å². The zero-order valence-corrected chi connectivity index (χ0v) is 6.89. The number of hydrogen-bond donors (Lipinski definition) is 0. The van der Waals surface area contributed by atoms with Crippen molar-refractivity contribution in [1.29, 1.82) is 0 Å². The predicted molar refractivity (Wildman–Crippen MR) is 41.2 cm³/mol. The van der Waals surface area contributed by atoms with Crippen LogP contribution in [0.5, 0.6) is 0 Å². The quantitative estimate of drug-likeness (QED) is 0.603. The van der Waals surface area contributed by atoms with E-state index in [9.17, 15) is 8.78 Å². The molecule has 1 aromatic rings. The van der Waals surface area contributed by atoms with Crippen LogP contribution in [0, 0.1) is 5.82 Å². The van der Waals surface area contributed by atoms with Crippen LogP contribution in [0.3, 0.4) is 0 Å². The number of rotatable bonds is 1. The summed E-state index contributed by atoms with van der Waals surface area (Å²) >= 11 is 10.8. The van der Waals surface area contributed by atoms with Crippen molar-refractivity contribution in [3.8, 4) is 0 Å². The highest BCUT2D eigenvalue weighted by molar-refractivity contribution is 6.42. The zero-order valence-electron chi connectivity index (χ0n) is 5.37. The van der Waals surface area contributed by atoms with Gasteiger partial charge in [0.05, 0.1) is 10.0 Å². The molecule has 0 unspecified atom stereocenters. The van der Waals surface area contributed by atoms with Gasteiger partial charge in [-0.05, 0) is 6.07 Å². The Hall–Kier alpha value is -0.340. The van der Waals surface area contributed by atoms with Gasteiger partial charge >= 0.3 is 0 Å². The van der Waals surface area contributed by atoms with Crippen LogP contribution in [0.1, 0.15) is 5.56 Å². The van der Waals surface area contributed by atoms with Gasteiger partial charge in [0.2, 0.25) is 0 Å². The molecular formula is C7H4Cl2F2. The van der Waals surface area contributed by atoms with Gasteiger partial charge in [-0.3, -0.25) is 0 Å². The van der Waals surface area contributed by atoms with Crippen molar-refractivity contribution in [2.24, 2.45) is 0 Å². The third-order valence-corrected chi connectivity index (χ3v) is 2.04. The molecule has 11 heavy (non-hydrogen) atoms. The number of hydrogen-bond acceptors (Lipinski definition) is 0. The first-order valence-electron chi connectivity index (χ1n) is 2.85. The molecule has 0 aliphatic heterocycles. The summed E-state index contributed by atoms with van der Waals surface area (Å²) in [4.78, 5) is 0. The van der Waals surface area contributed by atoms with E-state index in [1.165, 1.54) is 12.1 Å². The van der Waals surface area contributed by atoms with E-state index in [4.69, 9.17) is 23.2 Å². The van der Waals surface area contributed by atoms with Crippen molar-refractivity contribution in [1.82, 2.24) is 0 Å². The summed E-state index contributed by atoms with van der Waals surface area (Å²) < 4.78 is 24.8. The van der Waals surface area contributed by atoms with E-state index in [-0.39, 0.29) is 15.6 Å². The van der Waals surface area contributed by atoms with Crippen LogP contribution in [0.25, 0.3) is 0 Å². The van der Waals surface area contributed by atoms with Gasteiger partial charge in [0.25, 0.3) is 0 Å². The Morgan fingerprint density at radius 3 is 2.45 bits per heavy atom. The third kappa shape index (κ3) is 1.63. The molecule has 0 amide bonds. The SMILES string of the molecule is FCc1ccc(Cl)c(Cl)c1F. The van der Waals surface area contributed by atoms with Crippen molar-refractivity contribution in [3.05, 3.63) is 33.6 Å². The first-order valence-corrected chi connectivity index (χ1v) is 3.60. The normalized spacial score (nSPS) is 10.2. The number of benzene rings is 1. The molecule has 1 aromatic carbocycles. The van der Waals surface area contributed by atoms with Gasteiger partial charge in [-0.2, -0.15) is 0 Å². The number of alkyl halides is 1. The molecule has 0 atom stereocenters. The van der Waals surface area contributed by atoms with E-state index in [0.717, 1.165) is 0 Å². The van der Waals surface area contributed by atoms with E-state index < -0.39 is 12.5 Å². The summed E-state index contributed by atoms with van der Waals surface area (Å²) in [5, 5.41) is -0.122. The van der Waals surface area contributed by atoms with Crippen LogP contribution in [-0.4, -0.2) is 0 Å². The summed E-state index contributed by atoms with van der Waals surface area (Å²) in [6.45, 7) is -0.872. The van der Waals surface area contributed by atoms with Gasteiger partial charge in [-0.15, -0.1) is 0 Å². The molecule has 0 aliphatic carbocycles. The average molecular weight is 197 g/mol. The van der Waals surface area contributed by atoms with E-state index in [1.54, 1.807) is 0 Å². The van der Waals surface area contributed by atoms with Gasteiger partial charge in [0.1, 0.15) is 12.5 Å². The van der Waals surface area contributed by atoms with Crippen molar-refractivity contribution < 1.29 is 8.78 Å². The minimum Gasteiger partial charge on any atom is -0.246 e. The molecule has 0 aromatic heterocycles. The minimum absolute atomic E-state index is 0.0700. The molecule has 0 saturated heterocycles. The molecule has 0 radical (unpaired) electrons. The molecule has 0 fully saturated rings. The Labute approximate surface area is 72.7 Å². The van der Waals surface area contributed by atoms with E-state index >= 15 is 0 Å². The molecule has 60 valence electrons. The van der Waals surface area contributed by atoms with Crippen molar-refractivity contribution >= 4 is 23.2 Å². The lowest BCUT2D eigenvalue weighted by atomic mass is 10.2. The van der Waals surface area contributed by atoms with Crippen molar-refractivity contribution in [2.75, 3.05) is 0 Å². The largest absolute Gasteiger partial charge is 0.246 e. The summed E-state index contributed by atoms with van der Waals surface area (Å²) in [7, 11) is 0. The van der Waals surface area contributed by atoms with Gasteiger partial charge in [-0.1, -0.05) is 29.3 Å². The molecular weight excluding hydrogens is 193 g/mol. The lowest BCUT2D eigenvalue weighted by Gasteiger charge is -2.00. The van der Waals surface area contributed by atoms with Crippen molar-refractivity contribution in [3.63, 3.8) is 0 Å². The Morgan fingerprint density at radius 1 is 1.27 bits per heavy atom. The van der Waals surface area contributed by atoms with E-state index in [0.29, 0.717) is 0 Å². The Kier molecular flexibility index (Phi) is 2.68. The van der Waals surface area contributed by atoms with Crippen LogP contribution >= 0.6 is 23.2 Å². The van der Waals surface area contributed by atoms with Crippen LogP contribution in [0.15, 0.2) is 12.1 Å².